The van der Waals surface area contributed by atoms with Crippen LogP contribution in [0.2, 0.25) is 0 Å². The summed E-state index contributed by atoms with van der Waals surface area (Å²) in [6.45, 7) is 0. The zero-order valence-electron chi connectivity index (χ0n) is 11.6. The zero-order valence-corrected chi connectivity index (χ0v) is 11.6. The number of nitrogen functional groups attached to an aromatic ring is 1. The molecule has 3 N–H and O–H groups in total. The summed E-state index contributed by atoms with van der Waals surface area (Å²) in [4.78, 5) is 0. The van der Waals surface area contributed by atoms with Crippen LogP contribution in [-0.4, -0.2) is 24.5 Å². The van der Waals surface area contributed by atoms with Crippen LogP contribution in [0.25, 0.3) is 11.0 Å². The summed E-state index contributed by atoms with van der Waals surface area (Å²) in [6.07, 6.45) is 0. The smallest absolute Gasteiger partial charge is 0.162 e. The molecular formula is C14H14N4O3. The summed E-state index contributed by atoms with van der Waals surface area (Å²) >= 11 is 0. The number of nitrogens with one attached hydrogen (secondary N) is 1. The van der Waals surface area contributed by atoms with Gasteiger partial charge in [0.15, 0.2) is 22.5 Å². The Bertz CT molecular complexity index is 785. The Balaban J connectivity index is 1.99. The van der Waals surface area contributed by atoms with Gasteiger partial charge in [-0.15, -0.1) is 0 Å². The van der Waals surface area contributed by atoms with Crippen molar-refractivity contribution in [2.75, 3.05) is 25.3 Å². The van der Waals surface area contributed by atoms with Crippen LogP contribution < -0.4 is 20.5 Å². The molecule has 108 valence electrons. The number of hydrogen-bond donors (Lipinski definition) is 2. The van der Waals surface area contributed by atoms with Crippen molar-refractivity contribution in [2.45, 2.75) is 0 Å². The highest BCUT2D eigenvalue weighted by Crippen LogP contribution is 2.33. The maximum Gasteiger partial charge on any atom is 0.162 e. The van der Waals surface area contributed by atoms with Gasteiger partial charge in [-0.05, 0) is 34.6 Å². The molecule has 0 saturated heterocycles. The van der Waals surface area contributed by atoms with Gasteiger partial charge in [0, 0.05) is 11.8 Å². The van der Waals surface area contributed by atoms with E-state index in [0.717, 1.165) is 11.4 Å². The fourth-order valence-electron chi connectivity index (χ4n) is 2.06. The van der Waals surface area contributed by atoms with Crippen LogP contribution in [0.3, 0.4) is 0 Å². The van der Waals surface area contributed by atoms with Gasteiger partial charge in [-0.25, -0.2) is 4.63 Å². The molecule has 0 bridgehead atoms. The van der Waals surface area contributed by atoms with E-state index in [1.165, 1.54) is 0 Å². The van der Waals surface area contributed by atoms with Crippen molar-refractivity contribution in [1.82, 2.24) is 10.3 Å². The number of ether oxygens (including phenoxy) is 2. The number of anilines is 3. The van der Waals surface area contributed by atoms with E-state index in [2.05, 4.69) is 15.6 Å². The number of hydrogen-bond acceptors (Lipinski definition) is 7. The average molecular weight is 286 g/mol. The Hall–Kier alpha value is -2.96. The number of nitrogens with two attached hydrogens (primary N) is 1. The summed E-state index contributed by atoms with van der Waals surface area (Å²) in [5.74, 6) is 1.29. The number of rotatable bonds is 4. The maximum absolute atomic E-state index is 5.82. The molecule has 0 atom stereocenters. The quantitative estimate of drug-likeness (QED) is 0.711. The van der Waals surface area contributed by atoms with Crippen molar-refractivity contribution < 1.29 is 14.1 Å². The molecule has 0 aliphatic heterocycles. The Morgan fingerprint density at radius 2 is 1.76 bits per heavy atom. The summed E-state index contributed by atoms with van der Waals surface area (Å²) in [7, 11) is 3.18. The van der Waals surface area contributed by atoms with Crippen LogP contribution in [0.1, 0.15) is 0 Å². The fourth-order valence-corrected chi connectivity index (χ4v) is 2.06. The van der Waals surface area contributed by atoms with Crippen molar-refractivity contribution in [2.24, 2.45) is 0 Å². The zero-order chi connectivity index (χ0) is 14.8. The van der Waals surface area contributed by atoms with Crippen LogP contribution in [0.4, 0.5) is 17.1 Å². The molecule has 0 aliphatic carbocycles. The normalized spacial score (nSPS) is 10.6. The topological polar surface area (TPSA) is 95.4 Å². The third-order valence-electron chi connectivity index (χ3n) is 3.11. The Morgan fingerprint density at radius 3 is 2.52 bits per heavy atom. The summed E-state index contributed by atoms with van der Waals surface area (Å²) in [5, 5.41) is 10.9. The van der Waals surface area contributed by atoms with Gasteiger partial charge < -0.3 is 20.5 Å². The molecule has 3 rings (SSSR count). The van der Waals surface area contributed by atoms with Gasteiger partial charge in [-0.2, -0.15) is 0 Å². The van der Waals surface area contributed by atoms with E-state index < -0.39 is 0 Å². The predicted octanol–water partition coefficient (Wildman–Crippen LogP) is 2.57. The third-order valence-corrected chi connectivity index (χ3v) is 3.11. The summed E-state index contributed by atoms with van der Waals surface area (Å²) in [5.41, 5.74) is 9.00. The van der Waals surface area contributed by atoms with Gasteiger partial charge in [-0.3, -0.25) is 0 Å². The third kappa shape index (κ3) is 2.29. The van der Waals surface area contributed by atoms with E-state index in [1.54, 1.807) is 20.3 Å². The molecule has 3 aromatic rings. The van der Waals surface area contributed by atoms with Gasteiger partial charge in [-0.1, -0.05) is 0 Å². The molecular weight excluding hydrogens is 272 g/mol. The lowest BCUT2D eigenvalue weighted by atomic mass is 10.2. The van der Waals surface area contributed by atoms with E-state index in [0.29, 0.717) is 28.2 Å². The second-order valence-corrected chi connectivity index (χ2v) is 4.36. The second kappa shape index (κ2) is 5.20. The summed E-state index contributed by atoms with van der Waals surface area (Å²) < 4.78 is 15.2. The van der Waals surface area contributed by atoms with Gasteiger partial charge in [0.1, 0.15) is 0 Å². The minimum Gasteiger partial charge on any atom is -0.493 e. The van der Waals surface area contributed by atoms with Gasteiger partial charge in [0.05, 0.1) is 25.6 Å². The highest BCUT2D eigenvalue weighted by atomic mass is 16.6. The average Bonchev–Trinajstić information content (AvgIpc) is 3.00. The monoisotopic (exact) mass is 286 g/mol. The van der Waals surface area contributed by atoms with E-state index in [4.69, 9.17) is 19.8 Å². The molecule has 0 radical (unpaired) electrons. The Morgan fingerprint density at radius 1 is 1.00 bits per heavy atom. The predicted molar refractivity (Wildman–Crippen MR) is 79.0 cm³/mol. The number of nitrogens with zero attached hydrogens (tertiary/aromatic N) is 2. The van der Waals surface area contributed by atoms with E-state index in [-0.39, 0.29) is 0 Å². The first-order valence-electron chi connectivity index (χ1n) is 6.22. The van der Waals surface area contributed by atoms with Crippen molar-refractivity contribution in [1.29, 1.82) is 0 Å². The highest BCUT2D eigenvalue weighted by molar-refractivity contribution is 5.96. The highest BCUT2D eigenvalue weighted by Gasteiger charge is 2.11. The first kappa shape index (κ1) is 13.0. The van der Waals surface area contributed by atoms with Crippen LogP contribution >= 0.6 is 0 Å². The minimum atomic E-state index is 0.518. The number of methoxy groups -OCH3 is 2. The van der Waals surface area contributed by atoms with E-state index >= 15 is 0 Å². The van der Waals surface area contributed by atoms with Gasteiger partial charge in [0.2, 0.25) is 0 Å². The fraction of sp³-hybridized carbons (Fsp3) is 0.143. The van der Waals surface area contributed by atoms with Crippen molar-refractivity contribution in [3.63, 3.8) is 0 Å². The molecule has 21 heavy (non-hydrogen) atoms. The van der Waals surface area contributed by atoms with Crippen LogP contribution in [0.15, 0.2) is 35.0 Å². The lowest BCUT2D eigenvalue weighted by Crippen LogP contribution is -1.96. The van der Waals surface area contributed by atoms with Crippen LogP contribution in [0.5, 0.6) is 11.5 Å². The molecule has 1 heterocycles. The molecule has 7 nitrogen and oxygen atoms in total. The molecule has 1 aromatic heterocycles. The lowest BCUT2D eigenvalue weighted by Gasteiger charge is -2.11. The van der Waals surface area contributed by atoms with Gasteiger partial charge in [0.25, 0.3) is 0 Å². The molecule has 0 spiro atoms. The lowest BCUT2D eigenvalue weighted by molar-refractivity contribution is 0.316. The number of benzene rings is 2. The molecule has 7 heteroatoms. The Labute approximate surface area is 120 Å². The molecule has 0 fully saturated rings. The van der Waals surface area contributed by atoms with Crippen molar-refractivity contribution in [3.8, 4) is 11.5 Å². The first-order chi connectivity index (χ1) is 10.2. The Kier molecular flexibility index (Phi) is 3.23. The number of fused-ring (bicyclic) bond motifs is 1. The SMILES string of the molecule is COc1ccc(Nc2ccc(N)c3nonc23)cc1OC. The first-order valence-corrected chi connectivity index (χ1v) is 6.22. The largest absolute Gasteiger partial charge is 0.493 e. The van der Waals surface area contributed by atoms with Crippen LogP contribution in [-0.2, 0) is 0 Å². The maximum atomic E-state index is 5.82. The molecule has 0 saturated carbocycles. The standard InChI is InChI=1S/C14H14N4O3/c1-19-11-6-3-8(7-12(11)20-2)16-10-5-4-9(15)13-14(10)18-21-17-13/h3-7,16H,15H2,1-2H3. The van der Waals surface area contributed by atoms with E-state index in [9.17, 15) is 0 Å². The molecule has 0 aliphatic rings. The summed E-state index contributed by atoms with van der Waals surface area (Å²) in [6, 6.07) is 9.08. The molecule has 0 unspecified atom stereocenters. The minimum absolute atomic E-state index is 0.518. The molecule has 2 aromatic carbocycles. The second-order valence-electron chi connectivity index (χ2n) is 4.36. The van der Waals surface area contributed by atoms with E-state index in [1.807, 2.05) is 24.3 Å². The van der Waals surface area contributed by atoms with Gasteiger partial charge >= 0.3 is 0 Å². The van der Waals surface area contributed by atoms with Crippen LogP contribution in [0, 0.1) is 0 Å². The van der Waals surface area contributed by atoms with Crippen molar-refractivity contribution >= 4 is 28.1 Å². The number of aromatic nitrogens is 2. The van der Waals surface area contributed by atoms with Crippen molar-refractivity contribution in [3.05, 3.63) is 30.3 Å². The molecule has 0 amide bonds.